The van der Waals surface area contributed by atoms with Crippen LogP contribution in [0.2, 0.25) is 0 Å². The topological polar surface area (TPSA) is 21.1 Å². The maximum atomic E-state index is 12.3. The molecule has 1 aliphatic heterocycles. The molecule has 1 saturated heterocycles. The smallest absolute Gasteiger partial charge is 0.0988 e. The van der Waals surface area contributed by atoms with Gasteiger partial charge >= 0.3 is 0 Å². The third kappa shape index (κ3) is 3.89. The first-order valence-corrected chi connectivity index (χ1v) is 8.40. The summed E-state index contributed by atoms with van der Waals surface area (Å²) in [5.41, 5.74) is 1.24. The van der Waals surface area contributed by atoms with Crippen LogP contribution in [0.15, 0.2) is 12.4 Å². The fraction of sp³-hybridized carbons (Fsp3) is 0.722. The highest BCUT2D eigenvalue weighted by Crippen LogP contribution is 2.33. The highest BCUT2D eigenvalue weighted by Gasteiger charge is 2.44. The van der Waals surface area contributed by atoms with Crippen LogP contribution < -0.4 is 0 Å². The lowest BCUT2D eigenvalue weighted by Crippen LogP contribution is -2.62. The summed E-state index contributed by atoms with van der Waals surface area (Å²) in [5, 5.41) is 4.59. The predicted molar refractivity (Wildman–Crippen MR) is 88.6 cm³/mol. The van der Waals surface area contributed by atoms with Crippen LogP contribution >= 0.6 is 0 Å². The Balaban J connectivity index is 2.07. The van der Waals surface area contributed by atoms with Gasteiger partial charge in [0.15, 0.2) is 0 Å². The number of aromatic nitrogens is 2. The molecule has 1 aliphatic rings. The van der Waals surface area contributed by atoms with Crippen LogP contribution in [0.25, 0.3) is 0 Å². The Labute approximate surface area is 133 Å². The minimum atomic E-state index is -0.237. The standard InChI is InChI=1S/C18H28FN3/c1-4-5-6-7-9-18(14-21(15-18)11-8-10-19)22-13-17(12-20-22)16(2)3/h12-13,16H,4-5,8-11,14-15H2,1-3H3. The summed E-state index contributed by atoms with van der Waals surface area (Å²) in [4.78, 5) is 2.30. The summed E-state index contributed by atoms with van der Waals surface area (Å²) < 4.78 is 14.4. The van der Waals surface area contributed by atoms with E-state index in [1.807, 2.05) is 6.20 Å². The highest BCUT2D eigenvalue weighted by atomic mass is 19.1. The molecule has 0 saturated carbocycles. The number of halogens is 1. The largest absolute Gasteiger partial charge is 0.298 e. The molecule has 0 aromatic carbocycles. The molecule has 22 heavy (non-hydrogen) atoms. The minimum absolute atomic E-state index is 0.0236. The quantitative estimate of drug-likeness (QED) is 0.718. The average Bonchev–Trinajstić information content (AvgIpc) is 2.95. The number of hydrogen-bond acceptors (Lipinski definition) is 2. The van der Waals surface area contributed by atoms with Crippen LogP contribution in [-0.4, -0.2) is 41.0 Å². The van der Waals surface area contributed by atoms with Gasteiger partial charge in [-0.05, 0) is 24.3 Å². The molecule has 1 aromatic heterocycles. The van der Waals surface area contributed by atoms with Crippen LogP contribution in [0.3, 0.4) is 0 Å². The van der Waals surface area contributed by atoms with Gasteiger partial charge in [0.1, 0.15) is 0 Å². The van der Waals surface area contributed by atoms with E-state index in [9.17, 15) is 4.39 Å². The van der Waals surface area contributed by atoms with E-state index in [0.29, 0.717) is 12.3 Å². The normalized spacial score (nSPS) is 17.1. The summed E-state index contributed by atoms with van der Waals surface area (Å²) in [6.45, 7) is 8.96. The van der Waals surface area contributed by atoms with E-state index in [-0.39, 0.29) is 12.2 Å². The summed E-state index contributed by atoms with van der Waals surface area (Å²) in [6.07, 6.45) is 7.64. The van der Waals surface area contributed by atoms with Crippen molar-refractivity contribution in [3.8, 4) is 11.8 Å². The Morgan fingerprint density at radius 3 is 2.73 bits per heavy atom. The van der Waals surface area contributed by atoms with Gasteiger partial charge in [-0.25, -0.2) is 0 Å². The zero-order valence-electron chi connectivity index (χ0n) is 14.1. The van der Waals surface area contributed by atoms with Gasteiger partial charge in [0.25, 0.3) is 0 Å². The summed E-state index contributed by atoms with van der Waals surface area (Å²) >= 11 is 0. The second kappa shape index (κ2) is 7.78. The number of unbranched alkanes of at least 4 members (excludes halogenated alkanes) is 1. The third-order valence-electron chi connectivity index (χ3n) is 4.32. The van der Waals surface area contributed by atoms with Crippen molar-refractivity contribution in [3.63, 3.8) is 0 Å². The molecule has 0 unspecified atom stereocenters. The Kier molecular flexibility index (Phi) is 6.02. The van der Waals surface area contributed by atoms with E-state index in [1.165, 1.54) is 5.56 Å². The fourth-order valence-electron chi connectivity index (χ4n) is 2.90. The number of alkyl halides is 1. The van der Waals surface area contributed by atoms with Gasteiger partial charge in [0, 0.05) is 38.7 Å². The third-order valence-corrected chi connectivity index (χ3v) is 4.32. The van der Waals surface area contributed by atoms with Crippen molar-refractivity contribution in [2.24, 2.45) is 0 Å². The summed E-state index contributed by atoms with van der Waals surface area (Å²) in [6, 6.07) is 0. The maximum absolute atomic E-state index is 12.3. The molecule has 2 heterocycles. The summed E-state index contributed by atoms with van der Waals surface area (Å²) in [5.74, 6) is 7.06. The monoisotopic (exact) mass is 305 g/mol. The first kappa shape index (κ1) is 17.0. The Hall–Kier alpha value is -1.34. The van der Waals surface area contributed by atoms with Crippen LogP contribution in [0.4, 0.5) is 4.39 Å². The van der Waals surface area contributed by atoms with Crippen LogP contribution in [0.5, 0.6) is 0 Å². The molecule has 1 aromatic rings. The molecule has 122 valence electrons. The lowest BCUT2D eigenvalue weighted by Gasteiger charge is -2.49. The molecule has 0 bridgehead atoms. The molecular formula is C18H28FN3. The van der Waals surface area contributed by atoms with E-state index >= 15 is 0 Å². The van der Waals surface area contributed by atoms with Crippen LogP contribution in [0, 0.1) is 11.8 Å². The first-order chi connectivity index (χ1) is 10.6. The van der Waals surface area contributed by atoms with Gasteiger partial charge in [-0.1, -0.05) is 20.8 Å². The molecule has 0 radical (unpaired) electrons. The van der Waals surface area contributed by atoms with Crippen molar-refractivity contribution in [1.82, 2.24) is 14.7 Å². The van der Waals surface area contributed by atoms with Gasteiger partial charge in [-0.2, -0.15) is 5.10 Å². The SMILES string of the molecule is CCCC#CCC1(n2cc(C(C)C)cn2)CN(CCCF)C1. The molecule has 0 atom stereocenters. The molecule has 3 nitrogen and oxygen atoms in total. The molecule has 2 rings (SSSR count). The second-order valence-electron chi connectivity index (χ2n) is 6.63. The lowest BCUT2D eigenvalue weighted by atomic mass is 9.86. The molecular weight excluding hydrogens is 277 g/mol. The van der Waals surface area contributed by atoms with Gasteiger partial charge in [0.2, 0.25) is 0 Å². The Bertz CT molecular complexity index is 518. The van der Waals surface area contributed by atoms with Crippen molar-refractivity contribution >= 4 is 0 Å². The van der Waals surface area contributed by atoms with E-state index in [4.69, 9.17) is 0 Å². The fourth-order valence-corrected chi connectivity index (χ4v) is 2.90. The van der Waals surface area contributed by atoms with Crippen molar-refractivity contribution in [2.45, 2.75) is 57.9 Å². The Morgan fingerprint density at radius 1 is 1.36 bits per heavy atom. The minimum Gasteiger partial charge on any atom is -0.298 e. The van der Waals surface area contributed by atoms with Gasteiger partial charge in [-0.3, -0.25) is 14.0 Å². The highest BCUT2D eigenvalue weighted by molar-refractivity contribution is 5.16. The van der Waals surface area contributed by atoms with E-state index in [1.54, 1.807) is 0 Å². The van der Waals surface area contributed by atoms with E-state index in [2.05, 4.69) is 53.5 Å². The molecule has 0 amide bonds. The zero-order chi connectivity index (χ0) is 16.0. The van der Waals surface area contributed by atoms with Crippen molar-refractivity contribution < 1.29 is 4.39 Å². The summed E-state index contributed by atoms with van der Waals surface area (Å²) in [7, 11) is 0. The van der Waals surface area contributed by atoms with Crippen LogP contribution in [-0.2, 0) is 5.54 Å². The number of likely N-dealkylation sites (tertiary alicyclic amines) is 1. The van der Waals surface area contributed by atoms with Crippen molar-refractivity contribution in [1.29, 1.82) is 0 Å². The number of rotatable bonds is 7. The predicted octanol–water partition coefficient (Wildman–Crippen LogP) is 3.57. The van der Waals surface area contributed by atoms with E-state index < -0.39 is 0 Å². The van der Waals surface area contributed by atoms with Crippen LogP contribution in [0.1, 0.15) is 57.9 Å². The number of nitrogens with zero attached hydrogens (tertiary/aromatic N) is 3. The van der Waals surface area contributed by atoms with Gasteiger partial charge < -0.3 is 0 Å². The maximum Gasteiger partial charge on any atom is 0.0988 e. The molecule has 0 N–H and O–H groups in total. The first-order valence-electron chi connectivity index (χ1n) is 8.40. The molecule has 0 aliphatic carbocycles. The molecule has 4 heteroatoms. The van der Waals surface area contributed by atoms with Gasteiger partial charge in [0.05, 0.1) is 18.4 Å². The lowest BCUT2D eigenvalue weighted by molar-refractivity contribution is 0.00389. The van der Waals surface area contributed by atoms with Crippen molar-refractivity contribution in [2.75, 3.05) is 26.3 Å². The van der Waals surface area contributed by atoms with Crippen molar-refractivity contribution in [3.05, 3.63) is 18.0 Å². The van der Waals surface area contributed by atoms with Gasteiger partial charge in [-0.15, -0.1) is 11.8 Å². The molecule has 0 spiro atoms. The number of hydrogen-bond donors (Lipinski definition) is 0. The molecule has 1 fully saturated rings. The average molecular weight is 305 g/mol. The Morgan fingerprint density at radius 2 is 2.14 bits per heavy atom. The van der Waals surface area contributed by atoms with E-state index in [0.717, 1.165) is 38.9 Å². The second-order valence-corrected chi connectivity index (χ2v) is 6.63. The zero-order valence-corrected chi connectivity index (χ0v) is 14.1.